The van der Waals surface area contributed by atoms with E-state index < -0.39 is 14.9 Å². The maximum absolute atomic E-state index is 12.7. The van der Waals surface area contributed by atoms with Gasteiger partial charge >= 0.3 is 0 Å². The highest BCUT2D eigenvalue weighted by Gasteiger charge is 2.28. The Kier molecular flexibility index (Phi) is 5.73. The Morgan fingerprint density at radius 2 is 1.89 bits per heavy atom. The molecule has 1 heterocycles. The second kappa shape index (κ2) is 8.05. The molecule has 1 aliphatic heterocycles. The smallest absolute Gasteiger partial charge is 0.294 e. The number of nitro benzene ring substituents is 1. The normalized spacial score (nSPS) is 15.2. The molecule has 0 atom stereocenters. The molecule has 0 saturated carbocycles. The SMILES string of the molecule is CC(=O)c1cccc(Nc2ccc(S(=O)(=O)N3CCOCC3)cc2[N+](=O)[O-])c1. The van der Waals surface area contributed by atoms with Crippen molar-refractivity contribution < 1.29 is 22.9 Å². The van der Waals surface area contributed by atoms with Gasteiger partial charge in [-0.15, -0.1) is 0 Å². The molecule has 0 radical (unpaired) electrons. The molecular weight excluding hydrogens is 386 g/mol. The molecule has 1 fully saturated rings. The number of carbonyl (C=O) groups is 1. The van der Waals surface area contributed by atoms with Crippen LogP contribution < -0.4 is 5.32 Å². The van der Waals surface area contributed by atoms with Crippen LogP contribution in [0.2, 0.25) is 0 Å². The van der Waals surface area contributed by atoms with Crippen molar-refractivity contribution in [2.75, 3.05) is 31.6 Å². The van der Waals surface area contributed by atoms with Gasteiger partial charge in [0.15, 0.2) is 5.78 Å². The number of rotatable bonds is 6. The van der Waals surface area contributed by atoms with Crippen LogP contribution in [0.3, 0.4) is 0 Å². The highest BCUT2D eigenvalue weighted by molar-refractivity contribution is 7.89. The summed E-state index contributed by atoms with van der Waals surface area (Å²) < 4.78 is 31.9. The van der Waals surface area contributed by atoms with Crippen molar-refractivity contribution >= 4 is 32.9 Å². The van der Waals surface area contributed by atoms with Crippen LogP contribution in [-0.4, -0.2) is 49.7 Å². The number of nitro groups is 1. The molecule has 148 valence electrons. The van der Waals surface area contributed by atoms with Gasteiger partial charge in [-0.2, -0.15) is 4.31 Å². The van der Waals surface area contributed by atoms with E-state index in [1.165, 1.54) is 23.4 Å². The van der Waals surface area contributed by atoms with Crippen molar-refractivity contribution in [1.29, 1.82) is 0 Å². The number of carbonyl (C=O) groups excluding carboxylic acids is 1. The van der Waals surface area contributed by atoms with Crippen LogP contribution in [0.4, 0.5) is 17.1 Å². The van der Waals surface area contributed by atoms with E-state index in [0.29, 0.717) is 11.3 Å². The number of ketones is 1. The van der Waals surface area contributed by atoms with E-state index in [1.807, 2.05) is 0 Å². The molecule has 0 amide bonds. The summed E-state index contributed by atoms with van der Waals surface area (Å²) in [4.78, 5) is 22.2. The second-order valence-electron chi connectivity index (χ2n) is 6.21. The van der Waals surface area contributed by atoms with Crippen LogP contribution in [0.1, 0.15) is 17.3 Å². The molecule has 1 N–H and O–H groups in total. The predicted octanol–water partition coefficient (Wildman–Crippen LogP) is 2.56. The minimum Gasteiger partial charge on any atom is -0.379 e. The number of anilines is 2. The van der Waals surface area contributed by atoms with Gasteiger partial charge in [0.2, 0.25) is 10.0 Å². The lowest BCUT2D eigenvalue weighted by Crippen LogP contribution is -2.40. The van der Waals surface area contributed by atoms with Crippen molar-refractivity contribution in [3.05, 3.63) is 58.1 Å². The number of Topliss-reactive ketones (excluding diaryl/α,β-unsaturated/α-hetero) is 1. The number of ether oxygens (including phenoxy) is 1. The van der Waals surface area contributed by atoms with E-state index in [2.05, 4.69) is 5.32 Å². The van der Waals surface area contributed by atoms with Gasteiger partial charge in [0, 0.05) is 30.4 Å². The summed E-state index contributed by atoms with van der Waals surface area (Å²) in [6.07, 6.45) is 0. The molecule has 2 aromatic carbocycles. The first kappa shape index (κ1) is 19.9. The average Bonchev–Trinajstić information content (AvgIpc) is 2.69. The zero-order chi connectivity index (χ0) is 20.3. The topological polar surface area (TPSA) is 119 Å². The quantitative estimate of drug-likeness (QED) is 0.446. The number of nitrogens with zero attached hydrogens (tertiary/aromatic N) is 2. The lowest BCUT2D eigenvalue weighted by molar-refractivity contribution is -0.384. The van der Waals surface area contributed by atoms with Gasteiger partial charge in [-0.25, -0.2) is 8.42 Å². The maximum atomic E-state index is 12.7. The fourth-order valence-electron chi connectivity index (χ4n) is 2.84. The molecule has 2 aromatic rings. The standard InChI is InChI=1S/C18H19N3O6S/c1-13(22)14-3-2-4-15(11-14)19-17-6-5-16(12-18(17)21(23)24)28(25,26)20-7-9-27-10-8-20/h2-6,11-12,19H,7-10H2,1H3. The van der Waals surface area contributed by atoms with E-state index in [4.69, 9.17) is 4.74 Å². The van der Waals surface area contributed by atoms with E-state index in [1.54, 1.807) is 24.3 Å². The molecule has 0 unspecified atom stereocenters. The maximum Gasteiger partial charge on any atom is 0.294 e. The Morgan fingerprint density at radius 3 is 2.54 bits per heavy atom. The average molecular weight is 405 g/mol. The first-order valence-electron chi connectivity index (χ1n) is 8.53. The summed E-state index contributed by atoms with van der Waals surface area (Å²) in [5.41, 5.74) is 0.702. The molecule has 0 bridgehead atoms. The summed E-state index contributed by atoms with van der Waals surface area (Å²) in [6, 6.07) is 10.3. The molecule has 0 spiro atoms. The summed E-state index contributed by atoms with van der Waals surface area (Å²) in [7, 11) is -3.85. The Balaban J connectivity index is 1.95. The molecule has 28 heavy (non-hydrogen) atoms. The minimum absolute atomic E-state index is 0.131. The number of hydrogen-bond acceptors (Lipinski definition) is 7. The lowest BCUT2D eigenvalue weighted by atomic mass is 10.1. The third-order valence-electron chi connectivity index (χ3n) is 4.32. The molecule has 9 nitrogen and oxygen atoms in total. The van der Waals surface area contributed by atoms with Crippen LogP contribution in [0, 0.1) is 10.1 Å². The highest BCUT2D eigenvalue weighted by Crippen LogP contribution is 2.31. The van der Waals surface area contributed by atoms with Gasteiger partial charge in [-0.1, -0.05) is 12.1 Å². The molecular formula is C18H19N3O6S. The zero-order valence-corrected chi connectivity index (χ0v) is 15.9. The van der Waals surface area contributed by atoms with E-state index >= 15 is 0 Å². The van der Waals surface area contributed by atoms with Gasteiger partial charge in [0.05, 0.1) is 23.0 Å². The van der Waals surface area contributed by atoms with Crippen molar-refractivity contribution in [1.82, 2.24) is 4.31 Å². The fourth-order valence-corrected chi connectivity index (χ4v) is 4.26. The Hall–Kier alpha value is -2.82. The number of hydrogen-bond donors (Lipinski definition) is 1. The van der Waals surface area contributed by atoms with Crippen molar-refractivity contribution in [3.8, 4) is 0 Å². The number of nitrogens with one attached hydrogen (secondary N) is 1. The van der Waals surface area contributed by atoms with Gasteiger partial charge < -0.3 is 10.1 Å². The van der Waals surface area contributed by atoms with Gasteiger partial charge in [-0.3, -0.25) is 14.9 Å². The van der Waals surface area contributed by atoms with E-state index in [-0.39, 0.29) is 48.4 Å². The second-order valence-corrected chi connectivity index (χ2v) is 8.15. The van der Waals surface area contributed by atoms with Crippen molar-refractivity contribution in [2.24, 2.45) is 0 Å². The third-order valence-corrected chi connectivity index (χ3v) is 6.22. The van der Waals surface area contributed by atoms with Crippen LogP contribution in [-0.2, 0) is 14.8 Å². The summed E-state index contributed by atoms with van der Waals surface area (Å²) >= 11 is 0. The van der Waals surface area contributed by atoms with Crippen molar-refractivity contribution in [2.45, 2.75) is 11.8 Å². The fraction of sp³-hybridized carbons (Fsp3) is 0.278. The third kappa shape index (κ3) is 4.19. The van der Waals surface area contributed by atoms with Crippen LogP contribution in [0.15, 0.2) is 47.4 Å². The Labute approximate surface area is 162 Å². The monoisotopic (exact) mass is 405 g/mol. The molecule has 0 aliphatic carbocycles. The molecule has 10 heteroatoms. The largest absolute Gasteiger partial charge is 0.379 e. The Bertz CT molecular complexity index is 1020. The molecule has 1 saturated heterocycles. The highest BCUT2D eigenvalue weighted by atomic mass is 32.2. The Morgan fingerprint density at radius 1 is 1.18 bits per heavy atom. The van der Waals surface area contributed by atoms with E-state index in [0.717, 1.165) is 6.07 Å². The van der Waals surface area contributed by atoms with Crippen LogP contribution in [0.5, 0.6) is 0 Å². The first-order valence-corrected chi connectivity index (χ1v) is 9.97. The summed E-state index contributed by atoms with van der Waals surface area (Å²) in [5, 5.41) is 14.4. The molecule has 3 rings (SSSR count). The summed E-state index contributed by atoms with van der Waals surface area (Å²) in [5.74, 6) is -0.134. The number of benzene rings is 2. The van der Waals surface area contributed by atoms with Gasteiger partial charge in [0.25, 0.3) is 5.69 Å². The first-order chi connectivity index (χ1) is 13.3. The number of morpholine rings is 1. The van der Waals surface area contributed by atoms with Gasteiger partial charge in [0.1, 0.15) is 5.69 Å². The lowest BCUT2D eigenvalue weighted by Gasteiger charge is -2.26. The minimum atomic E-state index is -3.85. The number of sulfonamides is 1. The van der Waals surface area contributed by atoms with Crippen molar-refractivity contribution in [3.63, 3.8) is 0 Å². The zero-order valence-electron chi connectivity index (χ0n) is 15.1. The molecule has 0 aromatic heterocycles. The summed E-state index contributed by atoms with van der Waals surface area (Å²) in [6.45, 7) is 2.40. The molecule has 1 aliphatic rings. The van der Waals surface area contributed by atoms with Crippen LogP contribution >= 0.6 is 0 Å². The van der Waals surface area contributed by atoms with Gasteiger partial charge in [-0.05, 0) is 31.2 Å². The van der Waals surface area contributed by atoms with Crippen LogP contribution in [0.25, 0.3) is 0 Å². The van der Waals surface area contributed by atoms with E-state index in [9.17, 15) is 23.3 Å². The predicted molar refractivity (Wildman–Crippen MR) is 102 cm³/mol.